The normalized spacial score (nSPS) is 17.6. The third kappa shape index (κ3) is 58.3. The Balaban J connectivity index is 1.87. The van der Waals surface area contributed by atoms with Crippen LogP contribution in [0.1, 0.15) is 418 Å². The van der Waals surface area contributed by atoms with Crippen molar-refractivity contribution in [2.24, 2.45) is 0 Å². The number of rotatable bonds is 73. The van der Waals surface area contributed by atoms with Gasteiger partial charge in [0, 0.05) is 12.8 Å². The van der Waals surface area contributed by atoms with Crippen molar-refractivity contribution < 1.29 is 49.3 Å². The predicted molar refractivity (Wildman–Crippen MR) is 389 cm³/mol. The highest BCUT2D eigenvalue weighted by Crippen LogP contribution is 2.24. The van der Waals surface area contributed by atoms with Crippen LogP contribution in [0.25, 0.3) is 0 Å². The second-order valence-electron chi connectivity index (χ2n) is 28.5. The van der Waals surface area contributed by atoms with Gasteiger partial charge in [0.25, 0.3) is 0 Å². The van der Waals surface area contributed by atoms with E-state index in [4.69, 9.17) is 14.2 Å². The summed E-state index contributed by atoms with van der Waals surface area (Å²) in [7, 11) is 0. The van der Waals surface area contributed by atoms with Crippen LogP contribution in [0.15, 0.2) is 24.3 Å². The molecular formula is C81H155NO10. The summed E-state index contributed by atoms with van der Waals surface area (Å²) < 4.78 is 16.8. The van der Waals surface area contributed by atoms with Crippen molar-refractivity contribution in [2.45, 2.75) is 461 Å². The maximum atomic E-state index is 13.1. The highest BCUT2D eigenvalue weighted by molar-refractivity contribution is 5.76. The third-order valence-corrected chi connectivity index (χ3v) is 19.6. The molecule has 1 aliphatic heterocycles. The molecule has 1 saturated heterocycles. The van der Waals surface area contributed by atoms with E-state index in [1.165, 1.54) is 334 Å². The first-order chi connectivity index (χ1) is 45.2. The maximum absolute atomic E-state index is 13.1. The molecule has 0 bridgehead atoms. The minimum Gasteiger partial charge on any atom is -0.466 e. The lowest BCUT2D eigenvalue weighted by Gasteiger charge is -2.40. The Hall–Kier alpha value is -1.86. The van der Waals surface area contributed by atoms with Crippen molar-refractivity contribution in [3.05, 3.63) is 24.3 Å². The molecule has 1 amide bonds. The van der Waals surface area contributed by atoms with Crippen molar-refractivity contribution >= 4 is 11.9 Å². The van der Waals surface area contributed by atoms with Gasteiger partial charge in [0.1, 0.15) is 24.4 Å². The van der Waals surface area contributed by atoms with E-state index in [-0.39, 0.29) is 18.5 Å². The quantitative estimate of drug-likeness (QED) is 0.0195. The van der Waals surface area contributed by atoms with Gasteiger partial charge in [-0.1, -0.05) is 372 Å². The van der Waals surface area contributed by atoms with Crippen LogP contribution in [-0.4, -0.2) is 100 Å². The average molecular weight is 1300 g/mol. The SMILES string of the molecule is CCCCC/C=C\CCCCCCCC(=O)OCCCCCCCCCCCCCCCCCCCCCCCCCCCCCCCCCCCCCCCCCC(=O)NC(COC1OC(CO)C(O)C(O)C1O)C(O)/C=C/CCCCCCCCCCCCC. The van der Waals surface area contributed by atoms with Gasteiger partial charge < -0.3 is 45.1 Å². The first-order valence-electron chi connectivity index (χ1n) is 40.6. The smallest absolute Gasteiger partial charge is 0.305 e. The molecule has 1 rings (SSSR count). The number of carbonyl (C=O) groups excluding carboxylic acids is 2. The Morgan fingerprint density at radius 2 is 0.696 bits per heavy atom. The number of nitrogens with one attached hydrogen (secondary N) is 1. The van der Waals surface area contributed by atoms with Gasteiger partial charge in [0.2, 0.25) is 5.91 Å². The standard InChI is InChI=1S/C81H155NO10/c1-3-5-7-9-11-13-15-44-47-51-55-59-63-67-74(84)73(72-91-81-80(89)79(88)78(87)75(71-83)92-81)82-76(85)68-64-60-56-52-48-45-42-40-38-36-34-32-30-28-26-24-22-20-18-17-19-21-23-25-27-29-31-33-35-37-39-41-43-46-50-54-58-62-66-70-90-77(86)69-65-61-57-53-49-16-14-12-10-8-6-4-2/h12,14,63,67,73-75,78-81,83-84,87-89H,3-11,13,15-62,64-66,68-72H2,1-2H3,(H,82,85)/b14-12-,67-63+. The number of allylic oxidation sites excluding steroid dienone is 3. The fourth-order valence-corrected chi connectivity index (χ4v) is 13.2. The summed E-state index contributed by atoms with van der Waals surface area (Å²) in [6.45, 7) is 4.37. The van der Waals surface area contributed by atoms with Crippen molar-refractivity contribution in [3.63, 3.8) is 0 Å². The Bertz CT molecular complexity index is 1580. The van der Waals surface area contributed by atoms with E-state index in [2.05, 4.69) is 31.3 Å². The molecule has 544 valence electrons. The second kappa shape index (κ2) is 70.5. The van der Waals surface area contributed by atoms with Crippen LogP contribution in [0.3, 0.4) is 0 Å². The zero-order valence-corrected chi connectivity index (χ0v) is 60.8. The molecule has 0 spiro atoms. The lowest BCUT2D eigenvalue weighted by Crippen LogP contribution is -2.60. The number of ether oxygens (including phenoxy) is 3. The van der Waals surface area contributed by atoms with Crippen LogP contribution in [0, 0.1) is 0 Å². The van der Waals surface area contributed by atoms with Crippen molar-refractivity contribution in [3.8, 4) is 0 Å². The highest BCUT2D eigenvalue weighted by atomic mass is 16.7. The summed E-state index contributed by atoms with van der Waals surface area (Å²) in [5, 5.41) is 54.6. The number of hydrogen-bond donors (Lipinski definition) is 6. The molecule has 92 heavy (non-hydrogen) atoms. The second-order valence-corrected chi connectivity index (χ2v) is 28.5. The highest BCUT2D eigenvalue weighted by Gasteiger charge is 2.44. The molecule has 1 heterocycles. The van der Waals surface area contributed by atoms with Gasteiger partial charge in [-0.2, -0.15) is 0 Å². The Labute approximate surface area is 569 Å². The summed E-state index contributed by atoms with van der Waals surface area (Å²) >= 11 is 0. The molecule has 6 N–H and O–H groups in total. The molecule has 0 aromatic rings. The van der Waals surface area contributed by atoms with Gasteiger partial charge in [-0.25, -0.2) is 0 Å². The summed E-state index contributed by atoms with van der Waals surface area (Å²) in [5.74, 6) is -0.164. The molecule has 1 aliphatic rings. The summed E-state index contributed by atoms with van der Waals surface area (Å²) in [6.07, 6.45) is 80.8. The number of hydrogen-bond acceptors (Lipinski definition) is 10. The Morgan fingerprint density at radius 1 is 0.391 bits per heavy atom. The molecular weight excluding hydrogens is 1150 g/mol. The van der Waals surface area contributed by atoms with Gasteiger partial charge in [0.15, 0.2) is 6.29 Å². The average Bonchev–Trinajstić information content (AvgIpc) is 1.91. The summed E-state index contributed by atoms with van der Waals surface area (Å²) in [6, 6.07) is -0.805. The molecule has 0 radical (unpaired) electrons. The minimum absolute atomic E-state index is 0.00891. The first-order valence-corrected chi connectivity index (χ1v) is 40.6. The van der Waals surface area contributed by atoms with Crippen LogP contribution in [0.5, 0.6) is 0 Å². The number of esters is 1. The largest absolute Gasteiger partial charge is 0.466 e. The van der Waals surface area contributed by atoms with Crippen LogP contribution in [0.2, 0.25) is 0 Å². The maximum Gasteiger partial charge on any atom is 0.305 e. The lowest BCUT2D eigenvalue weighted by atomic mass is 9.99. The number of aliphatic hydroxyl groups excluding tert-OH is 5. The third-order valence-electron chi connectivity index (χ3n) is 19.6. The Morgan fingerprint density at radius 3 is 1.07 bits per heavy atom. The Kier molecular flexibility index (Phi) is 67.5. The topological polar surface area (TPSA) is 175 Å². The summed E-state index contributed by atoms with van der Waals surface area (Å²) in [5.41, 5.74) is 0. The molecule has 7 unspecified atom stereocenters. The molecule has 1 fully saturated rings. The van der Waals surface area contributed by atoms with Crippen molar-refractivity contribution in [1.82, 2.24) is 5.32 Å². The number of amides is 1. The number of unbranched alkanes of at least 4 members (excludes halogenated alkanes) is 57. The monoisotopic (exact) mass is 1300 g/mol. The van der Waals surface area contributed by atoms with E-state index >= 15 is 0 Å². The van der Waals surface area contributed by atoms with Gasteiger partial charge in [-0.3, -0.25) is 9.59 Å². The zero-order valence-electron chi connectivity index (χ0n) is 60.8. The van der Waals surface area contributed by atoms with Crippen molar-refractivity contribution in [2.75, 3.05) is 19.8 Å². The van der Waals surface area contributed by atoms with Crippen LogP contribution < -0.4 is 5.32 Å². The zero-order chi connectivity index (χ0) is 66.5. The van der Waals surface area contributed by atoms with Crippen molar-refractivity contribution in [1.29, 1.82) is 0 Å². The molecule has 11 nitrogen and oxygen atoms in total. The van der Waals surface area contributed by atoms with E-state index in [0.717, 1.165) is 57.8 Å². The van der Waals surface area contributed by atoms with E-state index in [1.807, 2.05) is 6.08 Å². The van der Waals surface area contributed by atoms with Crippen LogP contribution >= 0.6 is 0 Å². The lowest BCUT2D eigenvalue weighted by molar-refractivity contribution is -0.302. The van der Waals surface area contributed by atoms with Gasteiger partial charge in [0.05, 0.1) is 32.0 Å². The molecule has 0 aromatic heterocycles. The fraction of sp³-hybridized carbons (Fsp3) is 0.926. The predicted octanol–water partition coefficient (Wildman–Crippen LogP) is 21.9. The molecule has 0 saturated carbocycles. The molecule has 11 heteroatoms. The fourth-order valence-electron chi connectivity index (χ4n) is 13.2. The van der Waals surface area contributed by atoms with Gasteiger partial charge in [-0.15, -0.1) is 0 Å². The number of carbonyl (C=O) groups is 2. The van der Waals surface area contributed by atoms with E-state index in [1.54, 1.807) is 6.08 Å². The van der Waals surface area contributed by atoms with E-state index in [0.29, 0.717) is 19.4 Å². The summed E-state index contributed by atoms with van der Waals surface area (Å²) in [4.78, 5) is 25.1. The molecule has 7 atom stereocenters. The van der Waals surface area contributed by atoms with Crippen LogP contribution in [-0.2, 0) is 23.8 Å². The van der Waals surface area contributed by atoms with E-state index < -0.39 is 49.5 Å². The van der Waals surface area contributed by atoms with E-state index in [9.17, 15) is 35.1 Å². The van der Waals surface area contributed by atoms with Crippen LogP contribution in [0.4, 0.5) is 0 Å². The van der Waals surface area contributed by atoms with Gasteiger partial charge >= 0.3 is 5.97 Å². The van der Waals surface area contributed by atoms with Gasteiger partial charge in [-0.05, 0) is 57.8 Å². The molecule has 0 aliphatic carbocycles. The minimum atomic E-state index is -1.57. The number of aliphatic hydroxyl groups is 5. The first kappa shape index (κ1) is 88.2. The molecule has 0 aromatic carbocycles.